The number of carbonyl (C=O) groups is 2. The van der Waals surface area contributed by atoms with E-state index in [0.29, 0.717) is 0 Å². The number of nitrogens with one attached hydrogen (secondary N) is 1. The van der Waals surface area contributed by atoms with Crippen LogP contribution in [0, 0.1) is 0 Å². The number of anilines is 1. The van der Waals surface area contributed by atoms with E-state index in [1.807, 2.05) is 38.1 Å². The number of sulfonamides is 1. The predicted octanol–water partition coefficient (Wildman–Crippen LogP) is 5.89. The van der Waals surface area contributed by atoms with Gasteiger partial charge in [0.25, 0.3) is 10.0 Å². The van der Waals surface area contributed by atoms with Gasteiger partial charge in [0.05, 0.1) is 15.6 Å². The van der Waals surface area contributed by atoms with Crippen LogP contribution in [0.2, 0.25) is 10.0 Å². The van der Waals surface area contributed by atoms with Gasteiger partial charge in [0, 0.05) is 22.1 Å². The lowest BCUT2D eigenvalue weighted by molar-refractivity contribution is -0.139. The van der Waals surface area contributed by atoms with Gasteiger partial charge in [-0.25, -0.2) is 8.42 Å². The van der Waals surface area contributed by atoms with E-state index < -0.39 is 28.5 Å². The second-order valence-electron chi connectivity index (χ2n) is 8.91. The minimum atomic E-state index is -4.23. The highest BCUT2D eigenvalue weighted by molar-refractivity contribution is 9.10. The summed E-state index contributed by atoms with van der Waals surface area (Å²) in [6.07, 6.45) is 0. The first-order valence-corrected chi connectivity index (χ1v) is 14.8. The fraction of sp³-hybridized carbons (Fsp3) is 0.259. The molecular weight excluding hydrogens is 613 g/mol. The molecule has 0 saturated heterocycles. The number of halogens is 3. The summed E-state index contributed by atoms with van der Waals surface area (Å²) < 4.78 is 29.3. The molecule has 11 heteroatoms. The Bertz CT molecular complexity index is 1390. The molecule has 3 aromatic carbocycles. The molecule has 0 aliphatic rings. The smallest absolute Gasteiger partial charge is 0.264 e. The first-order chi connectivity index (χ1) is 17.9. The van der Waals surface area contributed by atoms with E-state index in [2.05, 4.69) is 21.2 Å². The molecule has 0 radical (unpaired) electrons. The van der Waals surface area contributed by atoms with Gasteiger partial charge in [-0.2, -0.15) is 0 Å². The summed E-state index contributed by atoms with van der Waals surface area (Å²) in [5.41, 5.74) is 0.822. The van der Waals surface area contributed by atoms with Crippen LogP contribution in [0.1, 0.15) is 26.3 Å². The maximum atomic E-state index is 13.9. The molecule has 7 nitrogen and oxygen atoms in total. The van der Waals surface area contributed by atoms with E-state index in [0.717, 1.165) is 14.3 Å². The van der Waals surface area contributed by atoms with Gasteiger partial charge in [0.2, 0.25) is 11.8 Å². The lowest BCUT2D eigenvalue weighted by Crippen LogP contribution is -2.52. The van der Waals surface area contributed by atoms with Gasteiger partial charge in [-0.1, -0.05) is 69.5 Å². The van der Waals surface area contributed by atoms with E-state index in [9.17, 15) is 18.0 Å². The highest BCUT2D eigenvalue weighted by Gasteiger charge is 2.33. The Balaban J connectivity index is 2.06. The van der Waals surface area contributed by atoms with Gasteiger partial charge in [0.1, 0.15) is 12.6 Å². The topological polar surface area (TPSA) is 86.8 Å². The number of hydrogen-bond acceptors (Lipinski definition) is 4. The monoisotopic (exact) mass is 639 g/mol. The summed E-state index contributed by atoms with van der Waals surface area (Å²) in [6, 6.07) is 18.4. The van der Waals surface area contributed by atoms with Crippen molar-refractivity contribution in [2.45, 2.75) is 44.3 Å². The van der Waals surface area contributed by atoms with Gasteiger partial charge in [0.15, 0.2) is 0 Å². The van der Waals surface area contributed by atoms with Crippen molar-refractivity contribution >= 4 is 66.7 Å². The molecule has 0 spiro atoms. The molecule has 0 fully saturated rings. The molecule has 0 unspecified atom stereocenters. The molecular formula is C27H28BrCl2N3O4S. The SMILES string of the molecule is CC(C)NC(=O)[C@H](C)N(Cc1ccc(Br)cc1)C(=O)CN(c1cc(Cl)ccc1Cl)S(=O)(=O)c1ccccc1. The fourth-order valence-electron chi connectivity index (χ4n) is 3.68. The van der Waals surface area contributed by atoms with Crippen LogP contribution in [0.15, 0.2) is 82.2 Å². The Morgan fingerprint density at radius 2 is 1.58 bits per heavy atom. The second-order valence-corrected chi connectivity index (χ2v) is 12.5. The number of carbonyl (C=O) groups excluding carboxylic acids is 2. The third kappa shape index (κ3) is 7.50. The van der Waals surface area contributed by atoms with Crippen molar-refractivity contribution < 1.29 is 18.0 Å². The second kappa shape index (κ2) is 13.0. The third-order valence-electron chi connectivity index (χ3n) is 5.65. The fourth-order valence-corrected chi connectivity index (χ4v) is 5.83. The summed E-state index contributed by atoms with van der Waals surface area (Å²) in [5.74, 6) is -0.946. The van der Waals surface area contributed by atoms with Gasteiger partial charge in [-0.3, -0.25) is 13.9 Å². The highest BCUT2D eigenvalue weighted by Crippen LogP contribution is 2.33. The van der Waals surface area contributed by atoms with E-state index >= 15 is 0 Å². The summed E-state index contributed by atoms with van der Waals surface area (Å²) >= 11 is 16.0. The van der Waals surface area contributed by atoms with Gasteiger partial charge >= 0.3 is 0 Å². The summed E-state index contributed by atoms with van der Waals surface area (Å²) in [4.78, 5) is 28.1. The molecule has 0 aliphatic heterocycles. The Hall–Kier alpha value is -2.59. The van der Waals surface area contributed by atoms with Crippen molar-refractivity contribution in [1.82, 2.24) is 10.2 Å². The largest absolute Gasteiger partial charge is 0.352 e. The van der Waals surface area contributed by atoms with Crippen LogP contribution in [-0.4, -0.2) is 43.8 Å². The Kier molecular flexibility index (Phi) is 10.2. The number of hydrogen-bond donors (Lipinski definition) is 1. The van der Waals surface area contributed by atoms with E-state index in [1.165, 1.54) is 35.2 Å². The molecule has 1 atom stereocenters. The number of amides is 2. The van der Waals surface area contributed by atoms with Crippen LogP contribution < -0.4 is 9.62 Å². The first-order valence-electron chi connectivity index (χ1n) is 11.8. The van der Waals surface area contributed by atoms with Crippen molar-refractivity contribution in [2.75, 3.05) is 10.8 Å². The quantitative estimate of drug-likeness (QED) is 0.299. The summed E-state index contributed by atoms with van der Waals surface area (Å²) in [5, 5.41) is 3.17. The first kappa shape index (κ1) is 30.0. The standard InChI is InChI=1S/C27H28BrCl2N3O4S/c1-18(2)31-27(35)19(3)32(16-20-9-11-21(28)12-10-20)26(34)17-33(25-15-22(29)13-14-24(25)30)38(36,37)23-7-5-4-6-8-23/h4-15,18-19H,16-17H2,1-3H3,(H,31,35)/t19-/m0/s1. The Morgan fingerprint density at radius 1 is 0.947 bits per heavy atom. The molecule has 0 saturated carbocycles. The highest BCUT2D eigenvalue weighted by atomic mass is 79.9. The minimum absolute atomic E-state index is 0.0195. The molecule has 1 N–H and O–H groups in total. The normalized spacial score (nSPS) is 12.2. The Labute approximate surface area is 241 Å². The molecule has 202 valence electrons. The molecule has 3 aromatic rings. The van der Waals surface area contributed by atoms with Gasteiger partial charge in [-0.05, 0) is 68.8 Å². The van der Waals surface area contributed by atoms with Crippen LogP contribution in [0.4, 0.5) is 5.69 Å². The van der Waals surface area contributed by atoms with Gasteiger partial charge < -0.3 is 10.2 Å². The predicted molar refractivity (Wildman–Crippen MR) is 155 cm³/mol. The average Bonchev–Trinajstić information content (AvgIpc) is 2.88. The third-order valence-corrected chi connectivity index (χ3v) is 8.51. The molecule has 38 heavy (non-hydrogen) atoms. The van der Waals surface area contributed by atoms with Crippen molar-refractivity contribution in [3.63, 3.8) is 0 Å². The molecule has 0 bridgehead atoms. The van der Waals surface area contributed by atoms with Crippen LogP contribution in [0.25, 0.3) is 0 Å². The molecule has 0 aliphatic carbocycles. The number of nitrogens with zero attached hydrogens (tertiary/aromatic N) is 2. The number of rotatable bonds is 10. The van der Waals surface area contributed by atoms with E-state index in [-0.39, 0.29) is 39.1 Å². The maximum Gasteiger partial charge on any atom is 0.264 e. The minimum Gasteiger partial charge on any atom is -0.352 e. The van der Waals surface area contributed by atoms with Crippen LogP contribution in [-0.2, 0) is 26.2 Å². The lowest BCUT2D eigenvalue weighted by atomic mass is 10.1. The van der Waals surface area contributed by atoms with Crippen LogP contribution in [0.5, 0.6) is 0 Å². The lowest BCUT2D eigenvalue weighted by Gasteiger charge is -2.32. The van der Waals surface area contributed by atoms with E-state index in [1.54, 1.807) is 25.1 Å². The van der Waals surface area contributed by atoms with Crippen molar-refractivity contribution in [1.29, 1.82) is 0 Å². The molecule has 3 rings (SSSR count). The average molecular weight is 641 g/mol. The van der Waals surface area contributed by atoms with Crippen molar-refractivity contribution in [3.05, 3.63) is 92.9 Å². The summed E-state index contributed by atoms with van der Waals surface area (Å²) in [7, 11) is -4.23. The van der Waals surface area contributed by atoms with Crippen LogP contribution in [0.3, 0.4) is 0 Å². The zero-order valence-electron chi connectivity index (χ0n) is 21.1. The maximum absolute atomic E-state index is 13.9. The molecule has 2 amide bonds. The van der Waals surface area contributed by atoms with E-state index in [4.69, 9.17) is 23.2 Å². The Morgan fingerprint density at radius 3 is 2.18 bits per heavy atom. The molecule has 0 heterocycles. The van der Waals surface area contributed by atoms with Crippen molar-refractivity contribution in [2.24, 2.45) is 0 Å². The summed E-state index contributed by atoms with van der Waals surface area (Å²) in [6.45, 7) is 4.73. The van der Waals surface area contributed by atoms with Gasteiger partial charge in [-0.15, -0.1) is 0 Å². The van der Waals surface area contributed by atoms with Crippen molar-refractivity contribution in [3.8, 4) is 0 Å². The zero-order chi connectivity index (χ0) is 28.0. The molecule has 0 aromatic heterocycles. The zero-order valence-corrected chi connectivity index (χ0v) is 25.0. The van der Waals surface area contributed by atoms with Crippen LogP contribution >= 0.6 is 39.1 Å². The number of benzene rings is 3.